The summed E-state index contributed by atoms with van der Waals surface area (Å²) in [6.45, 7) is 6.12. The highest BCUT2D eigenvalue weighted by Gasteiger charge is 2.32. The molecule has 0 saturated carbocycles. The molecule has 1 aliphatic rings. The Morgan fingerprint density at radius 1 is 1.30 bits per heavy atom. The number of aromatic nitrogens is 2. The van der Waals surface area contributed by atoms with Crippen LogP contribution in [0.25, 0.3) is 0 Å². The van der Waals surface area contributed by atoms with Crippen LogP contribution in [0.1, 0.15) is 29.2 Å². The highest BCUT2D eigenvalue weighted by molar-refractivity contribution is 7.89. The predicted molar refractivity (Wildman–Crippen MR) is 103 cm³/mol. The van der Waals surface area contributed by atoms with Crippen molar-refractivity contribution in [3.63, 3.8) is 0 Å². The highest BCUT2D eigenvalue weighted by atomic mass is 32.2. The van der Waals surface area contributed by atoms with Crippen molar-refractivity contribution in [2.75, 3.05) is 25.0 Å². The van der Waals surface area contributed by atoms with Gasteiger partial charge in [-0.3, -0.25) is 4.79 Å². The first-order valence-corrected chi connectivity index (χ1v) is 10.8. The van der Waals surface area contributed by atoms with E-state index in [0.29, 0.717) is 23.8 Å². The number of carbonyl (C=O) groups excluding carboxylic acids is 1. The fourth-order valence-electron chi connectivity index (χ4n) is 2.93. The molecule has 8 nitrogen and oxygen atoms in total. The topological polar surface area (TPSA) is 101 Å². The first-order chi connectivity index (χ1) is 12.8. The van der Waals surface area contributed by atoms with Crippen LogP contribution >= 0.6 is 11.3 Å². The average Bonchev–Trinajstić information content (AvgIpc) is 3.04. The summed E-state index contributed by atoms with van der Waals surface area (Å²) < 4.78 is 32.9. The Hall–Kier alpha value is -1.88. The number of benzene rings is 1. The molecule has 0 aliphatic carbocycles. The third-order valence-corrected chi connectivity index (χ3v) is 6.73. The number of carbonyl (C=O) groups is 1. The van der Waals surface area contributed by atoms with Crippen molar-refractivity contribution >= 4 is 32.3 Å². The Morgan fingerprint density at radius 2 is 2.00 bits per heavy atom. The number of ketones is 1. The van der Waals surface area contributed by atoms with Gasteiger partial charge >= 0.3 is 0 Å². The minimum atomic E-state index is -3.69. The number of aryl methyl sites for hydroxylation is 1. The Morgan fingerprint density at radius 3 is 2.63 bits per heavy atom. The van der Waals surface area contributed by atoms with Gasteiger partial charge in [0, 0.05) is 18.7 Å². The van der Waals surface area contributed by atoms with Crippen LogP contribution in [-0.4, -0.2) is 60.5 Å². The maximum atomic E-state index is 13.0. The van der Waals surface area contributed by atoms with Gasteiger partial charge < -0.3 is 10.1 Å². The first kappa shape index (κ1) is 19.9. The number of anilines is 1. The lowest BCUT2D eigenvalue weighted by Gasteiger charge is -2.34. The number of ether oxygens (including phenoxy) is 1. The van der Waals surface area contributed by atoms with Crippen molar-refractivity contribution in [3.8, 4) is 0 Å². The predicted octanol–water partition coefficient (Wildman–Crippen LogP) is 1.94. The van der Waals surface area contributed by atoms with Gasteiger partial charge in [-0.25, -0.2) is 8.42 Å². The zero-order valence-corrected chi connectivity index (χ0v) is 17.0. The van der Waals surface area contributed by atoms with Crippen molar-refractivity contribution in [2.24, 2.45) is 0 Å². The molecule has 0 bridgehead atoms. The quantitative estimate of drug-likeness (QED) is 0.726. The Bertz CT molecular complexity index is 919. The third-order valence-electron chi connectivity index (χ3n) is 4.11. The van der Waals surface area contributed by atoms with Crippen LogP contribution in [0.3, 0.4) is 0 Å². The number of hydrogen-bond donors (Lipinski definition) is 1. The van der Waals surface area contributed by atoms with Crippen LogP contribution in [-0.2, 0) is 14.8 Å². The van der Waals surface area contributed by atoms with Crippen LogP contribution < -0.4 is 5.32 Å². The molecule has 2 unspecified atom stereocenters. The number of nitrogens with one attached hydrogen (secondary N) is 1. The number of hydrogen-bond acceptors (Lipinski definition) is 8. The van der Waals surface area contributed by atoms with E-state index in [1.807, 2.05) is 20.8 Å². The molecule has 1 N–H and O–H groups in total. The second-order valence-corrected chi connectivity index (χ2v) is 9.63. The minimum absolute atomic E-state index is 0.0176. The van der Waals surface area contributed by atoms with Crippen molar-refractivity contribution < 1.29 is 17.9 Å². The molecule has 1 fully saturated rings. The van der Waals surface area contributed by atoms with E-state index >= 15 is 0 Å². The summed E-state index contributed by atoms with van der Waals surface area (Å²) in [7, 11) is -3.69. The first-order valence-electron chi connectivity index (χ1n) is 8.58. The fraction of sp³-hybridized carbons (Fsp3) is 0.471. The van der Waals surface area contributed by atoms with Gasteiger partial charge in [-0.15, -0.1) is 10.2 Å². The van der Waals surface area contributed by atoms with Crippen LogP contribution in [0.5, 0.6) is 0 Å². The number of nitrogens with zero attached hydrogens (tertiary/aromatic N) is 3. The van der Waals surface area contributed by atoms with Gasteiger partial charge in [-0.2, -0.15) is 4.31 Å². The van der Waals surface area contributed by atoms with Gasteiger partial charge in [-0.05, 0) is 32.9 Å². The zero-order valence-electron chi connectivity index (χ0n) is 15.4. The third kappa shape index (κ3) is 4.70. The summed E-state index contributed by atoms with van der Waals surface area (Å²) in [6.07, 6.45) is -0.346. The van der Waals surface area contributed by atoms with E-state index in [0.717, 1.165) is 5.01 Å². The molecule has 2 aromatic rings. The summed E-state index contributed by atoms with van der Waals surface area (Å²) >= 11 is 1.35. The molecule has 0 amide bonds. The van der Waals surface area contributed by atoms with Crippen LogP contribution in [0.2, 0.25) is 0 Å². The molecule has 1 saturated heterocycles. The molecule has 2 atom stereocenters. The zero-order chi connectivity index (χ0) is 19.6. The number of sulfonamides is 1. The molecule has 1 aromatic carbocycles. The lowest BCUT2D eigenvalue weighted by molar-refractivity contribution is -0.0440. The summed E-state index contributed by atoms with van der Waals surface area (Å²) in [6, 6.07) is 6.13. The van der Waals surface area contributed by atoms with E-state index < -0.39 is 10.0 Å². The number of Topliss-reactive ketones (excluding diaryl/α,β-unsaturated/α-hetero) is 1. The van der Waals surface area contributed by atoms with Gasteiger partial charge in [0.05, 0.1) is 23.6 Å². The summed E-state index contributed by atoms with van der Waals surface area (Å²) in [5.74, 6) is -0.219. The van der Waals surface area contributed by atoms with Gasteiger partial charge in [0.1, 0.15) is 5.01 Å². The normalized spacial score (nSPS) is 21.1. The molecule has 1 aromatic heterocycles. The van der Waals surface area contributed by atoms with Crippen LogP contribution in [0, 0.1) is 6.92 Å². The molecular weight excluding hydrogens is 388 g/mol. The Labute approximate surface area is 162 Å². The molecule has 1 aliphatic heterocycles. The molecule has 0 spiro atoms. The van der Waals surface area contributed by atoms with Crippen molar-refractivity contribution in [1.29, 1.82) is 0 Å². The van der Waals surface area contributed by atoms with E-state index in [-0.39, 0.29) is 29.4 Å². The van der Waals surface area contributed by atoms with Crippen molar-refractivity contribution in [1.82, 2.24) is 14.5 Å². The lowest BCUT2D eigenvalue weighted by Crippen LogP contribution is -2.48. The van der Waals surface area contributed by atoms with Gasteiger partial charge in [0.2, 0.25) is 15.2 Å². The maximum Gasteiger partial charge on any atom is 0.243 e. The Balaban J connectivity index is 1.75. The van der Waals surface area contributed by atoms with Gasteiger partial charge in [0.25, 0.3) is 0 Å². The van der Waals surface area contributed by atoms with E-state index in [1.54, 1.807) is 12.1 Å². The molecule has 2 heterocycles. The fourth-order valence-corrected chi connectivity index (χ4v) is 5.16. The monoisotopic (exact) mass is 410 g/mol. The van der Waals surface area contributed by atoms with E-state index in [9.17, 15) is 13.2 Å². The minimum Gasteiger partial charge on any atom is -0.373 e. The molecule has 3 rings (SSSR count). The molecule has 27 heavy (non-hydrogen) atoms. The summed E-state index contributed by atoms with van der Waals surface area (Å²) in [4.78, 5) is 12.6. The second kappa shape index (κ2) is 8.01. The van der Waals surface area contributed by atoms with Crippen LogP contribution in [0.4, 0.5) is 5.13 Å². The number of rotatable bonds is 6. The molecule has 0 radical (unpaired) electrons. The van der Waals surface area contributed by atoms with E-state index in [2.05, 4.69) is 15.5 Å². The number of morpholine rings is 1. The smallest absolute Gasteiger partial charge is 0.243 e. The van der Waals surface area contributed by atoms with Gasteiger partial charge in [-0.1, -0.05) is 23.5 Å². The second-order valence-electron chi connectivity index (χ2n) is 6.51. The Kier molecular flexibility index (Phi) is 5.89. The largest absolute Gasteiger partial charge is 0.373 e. The molecule has 146 valence electrons. The summed E-state index contributed by atoms with van der Waals surface area (Å²) in [5.41, 5.74) is 0.333. The molecule has 10 heteroatoms. The van der Waals surface area contributed by atoms with Crippen molar-refractivity contribution in [3.05, 3.63) is 34.8 Å². The average molecular weight is 411 g/mol. The van der Waals surface area contributed by atoms with Gasteiger partial charge in [0.15, 0.2) is 5.78 Å². The van der Waals surface area contributed by atoms with E-state index in [4.69, 9.17) is 4.74 Å². The van der Waals surface area contributed by atoms with E-state index in [1.165, 1.54) is 27.8 Å². The highest BCUT2D eigenvalue weighted by Crippen LogP contribution is 2.22. The van der Waals surface area contributed by atoms with Crippen molar-refractivity contribution in [2.45, 2.75) is 37.9 Å². The van der Waals surface area contributed by atoms with Crippen LogP contribution in [0.15, 0.2) is 29.2 Å². The summed E-state index contributed by atoms with van der Waals surface area (Å²) in [5, 5.41) is 12.1. The SMILES string of the molecule is Cc1nnc(NCC(=O)c2cccc(S(=O)(=O)N3CC(C)OC(C)C3)c2)s1. The maximum absolute atomic E-state index is 13.0. The molecular formula is C17H22N4O4S2. The standard InChI is InChI=1S/C17H22N4O4S2/c1-11-9-21(10-12(2)25-11)27(23,24)15-6-4-5-14(7-15)16(22)8-18-17-20-19-13(3)26-17/h4-7,11-12H,8-10H2,1-3H3,(H,18,20). The lowest BCUT2D eigenvalue weighted by atomic mass is 10.1.